The first-order valence-electron chi connectivity index (χ1n) is 10.7. The first-order chi connectivity index (χ1) is 14.2. The van der Waals surface area contributed by atoms with Crippen LogP contribution in [0.1, 0.15) is 29.9 Å². The molecule has 5 nitrogen and oxygen atoms in total. The van der Waals surface area contributed by atoms with E-state index in [4.69, 9.17) is 4.74 Å². The van der Waals surface area contributed by atoms with Gasteiger partial charge in [-0.2, -0.15) is 0 Å². The summed E-state index contributed by atoms with van der Waals surface area (Å²) in [5, 5.41) is 3.19. The number of ether oxygens (including phenoxy) is 1. The summed E-state index contributed by atoms with van der Waals surface area (Å²) in [6.07, 6.45) is 3.54. The number of amides is 1. The molecule has 0 radical (unpaired) electrons. The fourth-order valence-electron chi connectivity index (χ4n) is 4.60. The zero-order chi connectivity index (χ0) is 20.1. The quantitative estimate of drug-likeness (QED) is 0.819. The maximum Gasteiger partial charge on any atom is 0.234 e. The number of anilines is 1. The third-order valence-corrected chi connectivity index (χ3v) is 6.20. The molecule has 1 unspecified atom stereocenters. The average molecular weight is 394 g/mol. The van der Waals surface area contributed by atoms with Crippen molar-refractivity contribution in [3.05, 3.63) is 59.7 Å². The number of hydrogen-bond donors (Lipinski definition) is 1. The Kier molecular flexibility index (Phi) is 6.35. The lowest BCUT2D eigenvalue weighted by Crippen LogP contribution is -2.49. The van der Waals surface area contributed by atoms with Gasteiger partial charge in [0.1, 0.15) is 5.75 Å². The highest BCUT2D eigenvalue weighted by Gasteiger charge is 2.23. The van der Waals surface area contributed by atoms with E-state index in [0.29, 0.717) is 12.5 Å². The molecule has 5 heteroatoms. The Morgan fingerprint density at radius 3 is 2.66 bits per heavy atom. The number of benzene rings is 2. The van der Waals surface area contributed by atoms with Crippen LogP contribution in [0, 0.1) is 0 Å². The summed E-state index contributed by atoms with van der Waals surface area (Å²) in [4.78, 5) is 17.1. The standard InChI is InChI=1S/C24H31N3O2/c1-29-23-12-5-4-11-22(23)27-15-13-26(14-16-27)18-24(28)25-17-20-9-6-8-19-7-2-3-10-21(19)20/h2-5,7,10-12,20H,6,8-9,13-18H2,1H3,(H,25,28). The molecule has 1 aliphatic carbocycles. The number of nitrogens with zero attached hydrogens (tertiary/aromatic N) is 2. The molecule has 154 valence electrons. The molecule has 0 bridgehead atoms. The maximum atomic E-state index is 12.5. The van der Waals surface area contributed by atoms with Crippen molar-refractivity contribution in [2.45, 2.75) is 25.2 Å². The zero-order valence-corrected chi connectivity index (χ0v) is 17.3. The van der Waals surface area contributed by atoms with Crippen molar-refractivity contribution in [1.29, 1.82) is 0 Å². The Balaban J connectivity index is 1.25. The molecule has 2 aromatic rings. The smallest absolute Gasteiger partial charge is 0.234 e. The van der Waals surface area contributed by atoms with Crippen LogP contribution in [-0.4, -0.2) is 57.2 Å². The van der Waals surface area contributed by atoms with Gasteiger partial charge in [-0.05, 0) is 42.5 Å². The Morgan fingerprint density at radius 1 is 1.07 bits per heavy atom. The van der Waals surface area contributed by atoms with Crippen LogP contribution in [0.2, 0.25) is 0 Å². The van der Waals surface area contributed by atoms with Crippen molar-refractivity contribution >= 4 is 11.6 Å². The van der Waals surface area contributed by atoms with Gasteiger partial charge in [0.25, 0.3) is 0 Å². The van der Waals surface area contributed by atoms with Gasteiger partial charge >= 0.3 is 0 Å². The molecular formula is C24H31N3O2. The van der Waals surface area contributed by atoms with E-state index in [1.165, 1.54) is 17.5 Å². The van der Waals surface area contributed by atoms with Gasteiger partial charge in [0, 0.05) is 38.6 Å². The normalized spacial score (nSPS) is 19.5. The summed E-state index contributed by atoms with van der Waals surface area (Å²) < 4.78 is 5.49. The largest absolute Gasteiger partial charge is 0.495 e. The molecular weight excluding hydrogens is 362 g/mol. The van der Waals surface area contributed by atoms with E-state index in [9.17, 15) is 4.79 Å². The van der Waals surface area contributed by atoms with E-state index in [0.717, 1.165) is 57.0 Å². The van der Waals surface area contributed by atoms with Gasteiger partial charge in [-0.25, -0.2) is 0 Å². The van der Waals surface area contributed by atoms with E-state index in [1.807, 2.05) is 18.2 Å². The Hall–Kier alpha value is -2.53. The number of carbonyl (C=O) groups excluding carboxylic acids is 1. The molecule has 1 fully saturated rings. The van der Waals surface area contributed by atoms with Crippen LogP contribution in [-0.2, 0) is 11.2 Å². The number of nitrogens with one attached hydrogen (secondary N) is 1. The molecule has 1 atom stereocenters. The van der Waals surface area contributed by atoms with Gasteiger partial charge in [0.05, 0.1) is 19.3 Å². The molecule has 0 aromatic heterocycles. The van der Waals surface area contributed by atoms with Crippen LogP contribution in [0.25, 0.3) is 0 Å². The van der Waals surface area contributed by atoms with Crippen LogP contribution < -0.4 is 15.0 Å². The monoisotopic (exact) mass is 393 g/mol. The predicted molar refractivity (Wildman–Crippen MR) is 117 cm³/mol. The van der Waals surface area contributed by atoms with Crippen LogP contribution >= 0.6 is 0 Å². The van der Waals surface area contributed by atoms with Gasteiger partial charge in [-0.1, -0.05) is 36.4 Å². The summed E-state index contributed by atoms with van der Waals surface area (Å²) in [6.45, 7) is 4.81. The molecule has 2 aromatic carbocycles. The molecule has 1 heterocycles. The molecule has 1 amide bonds. The van der Waals surface area contributed by atoms with Gasteiger partial charge in [0.15, 0.2) is 0 Å². The number of para-hydroxylation sites is 2. The minimum absolute atomic E-state index is 0.138. The summed E-state index contributed by atoms with van der Waals surface area (Å²) >= 11 is 0. The lowest BCUT2D eigenvalue weighted by Gasteiger charge is -2.36. The first kappa shape index (κ1) is 19.8. The highest BCUT2D eigenvalue weighted by atomic mass is 16.5. The van der Waals surface area contributed by atoms with E-state index in [1.54, 1.807) is 7.11 Å². The second kappa shape index (κ2) is 9.31. The number of rotatable bonds is 6. The fraction of sp³-hybridized carbons (Fsp3) is 0.458. The highest BCUT2D eigenvalue weighted by Crippen LogP contribution is 2.31. The Morgan fingerprint density at radius 2 is 1.83 bits per heavy atom. The van der Waals surface area contributed by atoms with Crippen molar-refractivity contribution < 1.29 is 9.53 Å². The van der Waals surface area contributed by atoms with Crippen LogP contribution in [0.5, 0.6) is 5.75 Å². The number of aryl methyl sites for hydroxylation is 1. The fourth-order valence-corrected chi connectivity index (χ4v) is 4.60. The third kappa shape index (κ3) is 4.73. The molecule has 1 saturated heterocycles. The van der Waals surface area contributed by atoms with Crippen molar-refractivity contribution in [2.24, 2.45) is 0 Å². The minimum atomic E-state index is 0.138. The van der Waals surface area contributed by atoms with Gasteiger partial charge < -0.3 is 15.0 Å². The zero-order valence-electron chi connectivity index (χ0n) is 17.3. The van der Waals surface area contributed by atoms with Crippen molar-refractivity contribution in [1.82, 2.24) is 10.2 Å². The topological polar surface area (TPSA) is 44.8 Å². The number of fused-ring (bicyclic) bond motifs is 1. The van der Waals surface area contributed by atoms with Crippen molar-refractivity contribution in [3.8, 4) is 5.75 Å². The van der Waals surface area contributed by atoms with Gasteiger partial charge in [-0.3, -0.25) is 9.69 Å². The number of methoxy groups -OCH3 is 1. The molecule has 0 saturated carbocycles. The first-order valence-corrected chi connectivity index (χ1v) is 10.7. The summed E-state index contributed by atoms with van der Waals surface area (Å²) in [5.74, 6) is 1.50. The average Bonchev–Trinajstić information content (AvgIpc) is 2.78. The lowest BCUT2D eigenvalue weighted by atomic mass is 9.83. The molecule has 29 heavy (non-hydrogen) atoms. The molecule has 1 aliphatic heterocycles. The summed E-state index contributed by atoms with van der Waals surface area (Å²) in [7, 11) is 1.71. The second-order valence-electron chi connectivity index (χ2n) is 8.03. The predicted octanol–water partition coefficient (Wildman–Crippen LogP) is 3.05. The van der Waals surface area contributed by atoms with Gasteiger partial charge in [-0.15, -0.1) is 0 Å². The number of hydrogen-bond acceptors (Lipinski definition) is 4. The number of piperazine rings is 1. The molecule has 0 spiro atoms. The third-order valence-electron chi connectivity index (χ3n) is 6.20. The molecule has 4 rings (SSSR count). The van der Waals surface area contributed by atoms with Crippen LogP contribution in [0.4, 0.5) is 5.69 Å². The summed E-state index contributed by atoms with van der Waals surface area (Å²) in [6, 6.07) is 16.8. The minimum Gasteiger partial charge on any atom is -0.495 e. The second-order valence-corrected chi connectivity index (χ2v) is 8.03. The SMILES string of the molecule is COc1ccccc1N1CCN(CC(=O)NCC2CCCc3ccccc32)CC1. The van der Waals surface area contributed by atoms with E-state index in [2.05, 4.69) is 45.4 Å². The van der Waals surface area contributed by atoms with E-state index >= 15 is 0 Å². The lowest BCUT2D eigenvalue weighted by molar-refractivity contribution is -0.122. The van der Waals surface area contributed by atoms with Crippen molar-refractivity contribution in [2.75, 3.05) is 51.3 Å². The van der Waals surface area contributed by atoms with Crippen LogP contribution in [0.15, 0.2) is 48.5 Å². The molecule has 2 aliphatic rings. The van der Waals surface area contributed by atoms with E-state index < -0.39 is 0 Å². The summed E-state index contributed by atoms with van der Waals surface area (Å²) in [5.41, 5.74) is 4.00. The van der Waals surface area contributed by atoms with Crippen molar-refractivity contribution in [3.63, 3.8) is 0 Å². The molecule has 1 N–H and O–H groups in total. The van der Waals surface area contributed by atoms with E-state index in [-0.39, 0.29) is 5.91 Å². The Bertz CT molecular complexity index is 830. The maximum absolute atomic E-state index is 12.5. The number of carbonyl (C=O) groups is 1. The van der Waals surface area contributed by atoms with Gasteiger partial charge in [0.2, 0.25) is 5.91 Å². The van der Waals surface area contributed by atoms with Crippen LogP contribution in [0.3, 0.4) is 0 Å². The highest BCUT2D eigenvalue weighted by molar-refractivity contribution is 5.78. The Labute approximate surface area is 173 Å².